The zero-order valence-electron chi connectivity index (χ0n) is 18.5. The van der Waals surface area contributed by atoms with E-state index in [1.807, 2.05) is 30.3 Å². The van der Waals surface area contributed by atoms with Gasteiger partial charge in [0.2, 0.25) is 11.9 Å². The Kier molecular flexibility index (Phi) is 4.86. The fourth-order valence-electron chi connectivity index (χ4n) is 4.60. The summed E-state index contributed by atoms with van der Waals surface area (Å²) >= 11 is 0. The summed E-state index contributed by atoms with van der Waals surface area (Å²) in [7, 11) is 1.65. The molecule has 1 atom stereocenters. The number of anilines is 1. The Bertz CT molecular complexity index is 1340. The second kappa shape index (κ2) is 8.03. The molecule has 2 aromatic carbocycles. The summed E-state index contributed by atoms with van der Waals surface area (Å²) in [6.45, 7) is 0.716. The summed E-state index contributed by atoms with van der Waals surface area (Å²) in [4.78, 5) is 22.5. The number of aromatic nitrogens is 4. The maximum atomic E-state index is 12.6. The predicted molar refractivity (Wildman–Crippen MR) is 127 cm³/mol. The Morgan fingerprint density at radius 1 is 1.06 bits per heavy atom. The number of rotatable bonds is 5. The quantitative estimate of drug-likeness (QED) is 0.487. The largest absolute Gasteiger partial charge is 0.497 e. The van der Waals surface area contributed by atoms with Crippen LogP contribution in [0.3, 0.4) is 0 Å². The summed E-state index contributed by atoms with van der Waals surface area (Å²) < 4.78 is 7.06. The van der Waals surface area contributed by atoms with Gasteiger partial charge in [-0.3, -0.25) is 4.79 Å². The molecule has 0 unspecified atom stereocenters. The molecule has 3 heterocycles. The van der Waals surface area contributed by atoms with Gasteiger partial charge in [0, 0.05) is 17.5 Å². The van der Waals surface area contributed by atoms with Crippen LogP contribution in [0, 0.1) is 0 Å². The van der Waals surface area contributed by atoms with Crippen LogP contribution in [0.1, 0.15) is 43.6 Å². The van der Waals surface area contributed by atoms with Gasteiger partial charge in [0.1, 0.15) is 11.8 Å². The minimum Gasteiger partial charge on any atom is -0.497 e. The fourth-order valence-corrected chi connectivity index (χ4v) is 4.60. The highest BCUT2D eigenvalue weighted by molar-refractivity contribution is 5.96. The molecule has 2 aliphatic rings. The molecule has 0 spiro atoms. The molecule has 2 fully saturated rings. The molecule has 168 valence electrons. The van der Waals surface area contributed by atoms with Gasteiger partial charge >= 0.3 is 0 Å². The number of hydrogen-bond acceptors (Lipinski definition) is 6. The number of nitrogens with zero attached hydrogens (tertiary/aromatic N) is 4. The van der Waals surface area contributed by atoms with E-state index >= 15 is 0 Å². The standard InChI is InChI=1S/C25H26N6O2/c1-33-17-12-10-16(11-13-17)22-29-23-21-18(15-8-9-15)5-4-7-19(21)27-25(31(23)30-22)28-20-6-2-3-14-26-24(20)32/h4-5,7,10-13,15,20H,2-3,6,8-9,14H2,1H3,(H,26,32)(H,27,28)/t20-/m1/s1. The van der Waals surface area contributed by atoms with E-state index < -0.39 is 0 Å². The number of carbonyl (C=O) groups excluding carboxylic acids is 1. The molecule has 33 heavy (non-hydrogen) atoms. The van der Waals surface area contributed by atoms with Crippen molar-refractivity contribution in [2.45, 2.75) is 44.1 Å². The van der Waals surface area contributed by atoms with Crippen LogP contribution >= 0.6 is 0 Å². The number of benzene rings is 2. The lowest BCUT2D eigenvalue weighted by atomic mass is 10.1. The highest BCUT2D eigenvalue weighted by Crippen LogP contribution is 2.44. The second-order valence-electron chi connectivity index (χ2n) is 8.83. The smallest absolute Gasteiger partial charge is 0.242 e. The molecule has 8 heteroatoms. The minimum atomic E-state index is -0.346. The van der Waals surface area contributed by atoms with Crippen LogP contribution in [-0.4, -0.2) is 45.2 Å². The van der Waals surface area contributed by atoms with Gasteiger partial charge < -0.3 is 15.4 Å². The van der Waals surface area contributed by atoms with E-state index in [2.05, 4.69) is 22.8 Å². The third kappa shape index (κ3) is 3.65. The molecule has 0 radical (unpaired) electrons. The number of ether oxygens (including phenoxy) is 1. The summed E-state index contributed by atoms with van der Waals surface area (Å²) in [6, 6.07) is 13.6. The Labute approximate surface area is 191 Å². The Morgan fingerprint density at radius 2 is 1.91 bits per heavy atom. The average Bonchev–Trinajstić information content (AvgIpc) is 3.63. The molecule has 8 nitrogen and oxygen atoms in total. The predicted octanol–water partition coefficient (Wildman–Crippen LogP) is 3.91. The van der Waals surface area contributed by atoms with Crippen molar-refractivity contribution in [2.24, 2.45) is 0 Å². The molecule has 0 bridgehead atoms. The molecule has 1 aliphatic heterocycles. The summed E-state index contributed by atoms with van der Waals surface area (Å²) in [5.74, 6) is 2.50. The zero-order chi connectivity index (χ0) is 22.4. The molecule has 2 N–H and O–H groups in total. The van der Waals surface area contributed by atoms with Gasteiger partial charge in [-0.1, -0.05) is 12.1 Å². The SMILES string of the molecule is COc1ccc(-c2nc3c4c(C5CC5)cccc4nc(N[C@@H]4CCCCNC4=O)n3n2)cc1. The monoisotopic (exact) mass is 442 g/mol. The maximum Gasteiger partial charge on any atom is 0.242 e. The van der Waals surface area contributed by atoms with Crippen LogP contribution in [-0.2, 0) is 4.79 Å². The number of amides is 1. The summed E-state index contributed by atoms with van der Waals surface area (Å²) in [6.07, 6.45) is 5.10. The Balaban J connectivity index is 1.52. The van der Waals surface area contributed by atoms with Crippen LogP contribution < -0.4 is 15.4 Å². The van der Waals surface area contributed by atoms with Crippen LogP contribution in [0.4, 0.5) is 5.95 Å². The molecular formula is C25H26N6O2. The first-order chi connectivity index (χ1) is 16.2. The van der Waals surface area contributed by atoms with Crippen LogP contribution in [0.15, 0.2) is 42.5 Å². The fraction of sp³-hybridized carbons (Fsp3) is 0.360. The first-order valence-corrected chi connectivity index (χ1v) is 11.6. The van der Waals surface area contributed by atoms with E-state index in [1.165, 1.54) is 18.4 Å². The van der Waals surface area contributed by atoms with Gasteiger partial charge in [-0.15, -0.1) is 5.10 Å². The first kappa shape index (κ1) is 20.0. The number of carbonyl (C=O) groups is 1. The second-order valence-corrected chi connectivity index (χ2v) is 8.83. The van der Waals surface area contributed by atoms with Gasteiger partial charge in [-0.25, -0.2) is 9.97 Å². The molecule has 1 aliphatic carbocycles. The van der Waals surface area contributed by atoms with Crippen molar-refractivity contribution in [1.29, 1.82) is 0 Å². The van der Waals surface area contributed by atoms with Crippen molar-refractivity contribution in [3.63, 3.8) is 0 Å². The average molecular weight is 443 g/mol. The van der Waals surface area contributed by atoms with Crippen molar-refractivity contribution in [1.82, 2.24) is 24.9 Å². The summed E-state index contributed by atoms with van der Waals surface area (Å²) in [5, 5.41) is 12.2. The molecule has 4 aromatic rings. The van der Waals surface area contributed by atoms with Crippen molar-refractivity contribution >= 4 is 28.4 Å². The van der Waals surface area contributed by atoms with E-state index in [1.54, 1.807) is 11.6 Å². The third-order valence-electron chi connectivity index (χ3n) is 6.54. The minimum absolute atomic E-state index is 0.00442. The van der Waals surface area contributed by atoms with Gasteiger partial charge in [0.25, 0.3) is 0 Å². The molecule has 6 rings (SSSR count). The van der Waals surface area contributed by atoms with Crippen molar-refractivity contribution in [2.75, 3.05) is 19.0 Å². The van der Waals surface area contributed by atoms with Crippen molar-refractivity contribution in [3.05, 3.63) is 48.0 Å². The van der Waals surface area contributed by atoms with Gasteiger partial charge in [0.05, 0.1) is 12.6 Å². The molecule has 2 aromatic heterocycles. The van der Waals surface area contributed by atoms with E-state index in [0.29, 0.717) is 24.2 Å². The highest BCUT2D eigenvalue weighted by atomic mass is 16.5. The topological polar surface area (TPSA) is 93.4 Å². The number of fused-ring (bicyclic) bond motifs is 3. The van der Waals surface area contributed by atoms with Crippen LogP contribution in [0.25, 0.3) is 27.9 Å². The number of hydrogen-bond donors (Lipinski definition) is 2. The Hall–Kier alpha value is -3.68. The van der Waals surface area contributed by atoms with Gasteiger partial charge in [-0.05, 0) is 73.9 Å². The Morgan fingerprint density at radius 3 is 2.70 bits per heavy atom. The number of nitrogens with one attached hydrogen (secondary N) is 2. The summed E-state index contributed by atoms with van der Waals surface area (Å²) in [5.41, 5.74) is 3.81. The lowest BCUT2D eigenvalue weighted by Gasteiger charge is -2.17. The molecule has 1 amide bonds. The zero-order valence-corrected chi connectivity index (χ0v) is 18.5. The van der Waals surface area contributed by atoms with Crippen molar-refractivity contribution in [3.8, 4) is 17.1 Å². The first-order valence-electron chi connectivity index (χ1n) is 11.6. The van der Waals surface area contributed by atoms with Gasteiger partial charge in [0.15, 0.2) is 11.5 Å². The van der Waals surface area contributed by atoms with Crippen LogP contribution in [0.2, 0.25) is 0 Å². The lowest BCUT2D eigenvalue weighted by molar-refractivity contribution is -0.121. The van der Waals surface area contributed by atoms with Crippen molar-refractivity contribution < 1.29 is 9.53 Å². The molecular weight excluding hydrogens is 416 g/mol. The number of methoxy groups -OCH3 is 1. The van der Waals surface area contributed by atoms with E-state index in [-0.39, 0.29) is 11.9 Å². The molecule has 1 saturated heterocycles. The maximum absolute atomic E-state index is 12.6. The molecule has 1 saturated carbocycles. The van der Waals surface area contributed by atoms with E-state index in [9.17, 15) is 4.79 Å². The van der Waals surface area contributed by atoms with Crippen LogP contribution in [0.5, 0.6) is 5.75 Å². The highest BCUT2D eigenvalue weighted by Gasteiger charge is 2.29. The van der Waals surface area contributed by atoms with Gasteiger partial charge in [-0.2, -0.15) is 4.52 Å². The van der Waals surface area contributed by atoms with E-state index in [4.69, 9.17) is 19.8 Å². The normalized spacial score (nSPS) is 18.8. The van der Waals surface area contributed by atoms with E-state index in [0.717, 1.165) is 47.1 Å². The lowest BCUT2D eigenvalue weighted by Crippen LogP contribution is -2.38. The third-order valence-corrected chi connectivity index (χ3v) is 6.54.